The molecule has 2 N–H and O–H groups in total. The number of benzene rings is 1. The molecule has 0 saturated carbocycles. The molecule has 1 aliphatic heterocycles. The van der Waals surface area contributed by atoms with E-state index in [2.05, 4.69) is 36.1 Å². The third-order valence-electron chi connectivity index (χ3n) is 5.85. The average Bonchev–Trinajstić information content (AvgIpc) is 2.75. The summed E-state index contributed by atoms with van der Waals surface area (Å²) in [5.74, 6) is -0.170. The average molecular weight is 421 g/mol. The molecule has 2 aromatic heterocycles. The number of pyridine rings is 1. The minimum absolute atomic E-state index is 0.135. The summed E-state index contributed by atoms with van der Waals surface area (Å²) in [4.78, 5) is 40.3. The number of carbonyl (C=O) groups is 1. The maximum Gasteiger partial charge on any atom is 0.269 e. The van der Waals surface area contributed by atoms with Gasteiger partial charge in [0.25, 0.3) is 11.5 Å². The Kier molecular flexibility index (Phi) is 5.73. The van der Waals surface area contributed by atoms with Crippen LogP contribution in [0.15, 0.2) is 29.1 Å². The van der Waals surface area contributed by atoms with Gasteiger partial charge in [0.15, 0.2) is 0 Å². The predicted octanol–water partition coefficient (Wildman–Crippen LogP) is 1.93. The third-order valence-corrected chi connectivity index (χ3v) is 5.85. The van der Waals surface area contributed by atoms with Crippen molar-refractivity contribution in [2.24, 2.45) is 0 Å². The maximum atomic E-state index is 12.0. The minimum Gasteiger partial charge on any atom is -0.368 e. The van der Waals surface area contributed by atoms with E-state index in [0.29, 0.717) is 11.4 Å². The fraction of sp³-hybridized carbons (Fsp3) is 0.391. The van der Waals surface area contributed by atoms with Gasteiger partial charge in [-0.2, -0.15) is 0 Å². The molecule has 3 heterocycles. The Bertz CT molecular complexity index is 1190. The summed E-state index contributed by atoms with van der Waals surface area (Å²) < 4.78 is 0. The lowest BCUT2D eigenvalue weighted by molar-refractivity contribution is 0.0958. The molecule has 0 spiro atoms. The minimum atomic E-state index is -0.170. The van der Waals surface area contributed by atoms with Gasteiger partial charge in [-0.25, -0.2) is 9.97 Å². The van der Waals surface area contributed by atoms with Crippen LogP contribution in [0, 0.1) is 20.8 Å². The number of aryl methyl sites for hydroxylation is 3. The van der Waals surface area contributed by atoms with E-state index in [0.717, 1.165) is 60.7 Å². The van der Waals surface area contributed by atoms with Crippen LogP contribution in [-0.4, -0.2) is 59.0 Å². The topological polar surface area (TPSA) is 94.2 Å². The van der Waals surface area contributed by atoms with Crippen molar-refractivity contribution in [3.05, 3.63) is 62.8 Å². The first-order chi connectivity index (χ1) is 14.9. The molecule has 0 unspecified atom stereocenters. The highest BCUT2D eigenvalue weighted by molar-refractivity contribution is 5.92. The zero-order chi connectivity index (χ0) is 22.1. The smallest absolute Gasteiger partial charge is 0.269 e. The molecule has 0 radical (unpaired) electrons. The van der Waals surface area contributed by atoms with E-state index in [4.69, 9.17) is 0 Å². The Morgan fingerprint density at radius 2 is 1.81 bits per heavy atom. The maximum absolute atomic E-state index is 12.0. The van der Waals surface area contributed by atoms with E-state index >= 15 is 0 Å². The summed E-state index contributed by atoms with van der Waals surface area (Å²) in [5.41, 5.74) is 6.64. The molecule has 1 fully saturated rings. The van der Waals surface area contributed by atoms with Crippen molar-refractivity contribution < 1.29 is 4.79 Å². The summed E-state index contributed by atoms with van der Waals surface area (Å²) in [6.45, 7) is 10.2. The zero-order valence-corrected chi connectivity index (χ0v) is 18.5. The number of nitrogens with one attached hydrogen (secondary N) is 2. The molecule has 4 rings (SSSR count). The highest BCUT2D eigenvalue weighted by Crippen LogP contribution is 2.22. The number of piperazine rings is 1. The second-order valence-electron chi connectivity index (χ2n) is 8.10. The van der Waals surface area contributed by atoms with E-state index in [-0.39, 0.29) is 11.5 Å². The van der Waals surface area contributed by atoms with Gasteiger partial charge in [-0.15, -0.1) is 0 Å². The summed E-state index contributed by atoms with van der Waals surface area (Å²) in [7, 11) is 1.61. The molecule has 1 saturated heterocycles. The fourth-order valence-corrected chi connectivity index (χ4v) is 4.17. The summed E-state index contributed by atoms with van der Waals surface area (Å²) in [5, 5.41) is 2.61. The van der Waals surface area contributed by atoms with Gasteiger partial charge in [0.2, 0.25) is 0 Å². The largest absolute Gasteiger partial charge is 0.368 e. The van der Waals surface area contributed by atoms with E-state index in [9.17, 15) is 9.59 Å². The zero-order valence-electron chi connectivity index (χ0n) is 18.5. The van der Waals surface area contributed by atoms with Crippen molar-refractivity contribution in [3.8, 4) is 0 Å². The Hall–Kier alpha value is -3.26. The van der Waals surface area contributed by atoms with Crippen molar-refractivity contribution >= 4 is 22.6 Å². The molecular formula is C23H28N6O2. The lowest BCUT2D eigenvalue weighted by Crippen LogP contribution is -2.46. The standard InChI is InChI=1S/C23H28N6O2/c1-14-11-17(12-19-21(14)26-16(3)22(30)27-19)13-28-7-9-29(10-8-28)20-6-5-18(23(31)24-4)25-15(20)2/h5-6,11-12H,7-10,13H2,1-4H3,(H,24,31)(H,27,30). The number of hydrogen-bond acceptors (Lipinski definition) is 6. The molecular weight excluding hydrogens is 392 g/mol. The molecule has 3 aromatic rings. The van der Waals surface area contributed by atoms with Crippen LogP contribution in [0.2, 0.25) is 0 Å². The molecule has 31 heavy (non-hydrogen) atoms. The van der Waals surface area contributed by atoms with Crippen molar-refractivity contribution in [1.82, 2.24) is 25.2 Å². The van der Waals surface area contributed by atoms with Gasteiger partial charge in [0, 0.05) is 39.8 Å². The molecule has 0 atom stereocenters. The summed E-state index contributed by atoms with van der Waals surface area (Å²) >= 11 is 0. The summed E-state index contributed by atoms with van der Waals surface area (Å²) in [6.07, 6.45) is 0. The highest BCUT2D eigenvalue weighted by Gasteiger charge is 2.20. The van der Waals surface area contributed by atoms with Crippen LogP contribution < -0.4 is 15.8 Å². The second-order valence-corrected chi connectivity index (χ2v) is 8.10. The molecule has 8 nitrogen and oxygen atoms in total. The van der Waals surface area contributed by atoms with Crippen LogP contribution in [-0.2, 0) is 6.54 Å². The summed E-state index contributed by atoms with van der Waals surface area (Å²) in [6, 6.07) is 7.96. The molecule has 1 aromatic carbocycles. The number of aromatic amines is 1. The Labute approximate surface area is 181 Å². The van der Waals surface area contributed by atoms with Crippen molar-refractivity contribution in [1.29, 1.82) is 0 Å². The van der Waals surface area contributed by atoms with Gasteiger partial charge in [0.05, 0.1) is 22.4 Å². The van der Waals surface area contributed by atoms with Gasteiger partial charge in [-0.3, -0.25) is 14.5 Å². The number of amides is 1. The van der Waals surface area contributed by atoms with Crippen LogP contribution >= 0.6 is 0 Å². The van der Waals surface area contributed by atoms with Crippen molar-refractivity contribution in [2.45, 2.75) is 27.3 Å². The number of hydrogen-bond donors (Lipinski definition) is 2. The SMILES string of the molecule is CNC(=O)c1ccc(N2CCN(Cc3cc(C)c4nc(C)c(=O)[nH]c4c3)CC2)c(C)n1. The normalized spacial score (nSPS) is 14.8. The predicted molar refractivity (Wildman–Crippen MR) is 122 cm³/mol. The number of H-pyrrole nitrogens is 1. The molecule has 8 heteroatoms. The van der Waals surface area contributed by atoms with E-state index in [1.807, 2.05) is 26.0 Å². The first-order valence-electron chi connectivity index (χ1n) is 10.5. The van der Waals surface area contributed by atoms with Gasteiger partial charge in [-0.1, -0.05) is 6.07 Å². The van der Waals surface area contributed by atoms with Crippen molar-refractivity contribution in [2.75, 3.05) is 38.1 Å². The van der Waals surface area contributed by atoms with Crippen LogP contribution in [0.1, 0.15) is 33.0 Å². The van der Waals surface area contributed by atoms with Crippen LogP contribution in [0.5, 0.6) is 0 Å². The monoisotopic (exact) mass is 420 g/mol. The number of rotatable bonds is 4. The Morgan fingerprint density at radius 1 is 1.06 bits per heavy atom. The fourth-order valence-electron chi connectivity index (χ4n) is 4.17. The van der Waals surface area contributed by atoms with Crippen LogP contribution in [0.3, 0.4) is 0 Å². The number of anilines is 1. The lowest BCUT2D eigenvalue weighted by Gasteiger charge is -2.36. The highest BCUT2D eigenvalue weighted by atomic mass is 16.1. The lowest BCUT2D eigenvalue weighted by atomic mass is 10.1. The van der Waals surface area contributed by atoms with Gasteiger partial charge < -0.3 is 15.2 Å². The molecule has 1 amide bonds. The van der Waals surface area contributed by atoms with Crippen LogP contribution in [0.25, 0.3) is 11.0 Å². The number of nitrogens with zero attached hydrogens (tertiary/aromatic N) is 4. The van der Waals surface area contributed by atoms with Gasteiger partial charge in [0.1, 0.15) is 11.4 Å². The number of fused-ring (bicyclic) bond motifs is 1. The number of carbonyl (C=O) groups excluding carboxylic acids is 1. The third kappa shape index (κ3) is 4.29. The van der Waals surface area contributed by atoms with E-state index in [1.54, 1.807) is 20.0 Å². The van der Waals surface area contributed by atoms with E-state index < -0.39 is 0 Å². The van der Waals surface area contributed by atoms with E-state index in [1.165, 1.54) is 5.56 Å². The van der Waals surface area contributed by atoms with Gasteiger partial charge >= 0.3 is 0 Å². The molecule has 1 aliphatic rings. The molecule has 162 valence electrons. The van der Waals surface area contributed by atoms with Crippen molar-refractivity contribution in [3.63, 3.8) is 0 Å². The van der Waals surface area contributed by atoms with Gasteiger partial charge in [-0.05, 0) is 50.1 Å². The van der Waals surface area contributed by atoms with Crippen LogP contribution in [0.4, 0.5) is 5.69 Å². The quantitative estimate of drug-likeness (QED) is 0.670. The Morgan fingerprint density at radius 3 is 2.48 bits per heavy atom. The Balaban J connectivity index is 1.44. The molecule has 0 aliphatic carbocycles. The molecule has 0 bridgehead atoms. The first-order valence-corrected chi connectivity index (χ1v) is 10.5. The number of aromatic nitrogens is 3. The first kappa shape index (κ1) is 21.0. The second kappa shape index (κ2) is 8.47.